The van der Waals surface area contributed by atoms with Crippen molar-refractivity contribution in [1.29, 1.82) is 0 Å². The van der Waals surface area contributed by atoms with Gasteiger partial charge in [0.15, 0.2) is 0 Å². The van der Waals surface area contributed by atoms with Crippen molar-refractivity contribution in [2.24, 2.45) is 0 Å². The highest BCUT2D eigenvalue weighted by molar-refractivity contribution is 6.32. The molecule has 0 spiro atoms. The Morgan fingerprint density at radius 3 is 2.35 bits per heavy atom. The Kier molecular flexibility index (Phi) is 4.11. The summed E-state index contributed by atoms with van der Waals surface area (Å²) in [4.78, 5) is 11.4. The van der Waals surface area contributed by atoms with Crippen LogP contribution in [0, 0.1) is 6.92 Å². The second kappa shape index (κ2) is 5.80. The number of rotatable bonds is 3. The number of benzene rings is 2. The van der Waals surface area contributed by atoms with Gasteiger partial charge < -0.3 is 10.2 Å². The van der Waals surface area contributed by atoms with Gasteiger partial charge in [-0.1, -0.05) is 35.9 Å². The van der Waals surface area contributed by atoms with E-state index in [9.17, 15) is 15.0 Å². The molecule has 0 fully saturated rings. The van der Waals surface area contributed by atoms with Crippen LogP contribution in [0.1, 0.15) is 16.7 Å². The van der Waals surface area contributed by atoms with Gasteiger partial charge in [0.05, 0.1) is 5.57 Å². The topological polar surface area (TPSA) is 57.5 Å². The third kappa shape index (κ3) is 3.19. The fourth-order valence-electron chi connectivity index (χ4n) is 1.77. The van der Waals surface area contributed by atoms with E-state index < -0.39 is 5.97 Å². The molecule has 2 aromatic carbocycles. The molecule has 2 N–H and O–H groups in total. The van der Waals surface area contributed by atoms with E-state index in [0.717, 1.165) is 5.56 Å². The van der Waals surface area contributed by atoms with E-state index in [1.807, 2.05) is 6.92 Å². The van der Waals surface area contributed by atoms with E-state index in [4.69, 9.17) is 11.6 Å². The Bertz CT molecular complexity index is 673. The molecule has 0 radical (unpaired) electrons. The van der Waals surface area contributed by atoms with Crippen LogP contribution in [0.15, 0.2) is 42.5 Å². The lowest BCUT2D eigenvalue weighted by atomic mass is 10.0. The summed E-state index contributed by atoms with van der Waals surface area (Å²) >= 11 is 6.03. The van der Waals surface area contributed by atoms with Crippen LogP contribution in [0.25, 0.3) is 11.6 Å². The van der Waals surface area contributed by atoms with Gasteiger partial charge in [0.25, 0.3) is 0 Å². The molecule has 0 saturated carbocycles. The Balaban J connectivity index is 2.48. The molecule has 0 saturated heterocycles. The maximum absolute atomic E-state index is 11.4. The van der Waals surface area contributed by atoms with Gasteiger partial charge in [0, 0.05) is 5.02 Å². The van der Waals surface area contributed by atoms with Crippen molar-refractivity contribution in [3.05, 3.63) is 64.2 Å². The maximum Gasteiger partial charge on any atom is 0.336 e. The van der Waals surface area contributed by atoms with Crippen molar-refractivity contribution < 1.29 is 15.0 Å². The minimum absolute atomic E-state index is 0.136. The first-order chi connectivity index (χ1) is 9.47. The van der Waals surface area contributed by atoms with Crippen LogP contribution < -0.4 is 0 Å². The normalized spacial score (nSPS) is 11.4. The Hall–Kier alpha value is -2.26. The SMILES string of the molecule is Cc1ccc(/C(=C/c2ccc(O)cc2)C(=O)O)cc1Cl. The molecule has 0 unspecified atom stereocenters. The average molecular weight is 289 g/mol. The van der Waals surface area contributed by atoms with Crippen molar-refractivity contribution in [1.82, 2.24) is 0 Å². The molecular formula is C16H13ClO3. The molecule has 0 heterocycles. The third-order valence-corrected chi connectivity index (χ3v) is 3.32. The molecule has 20 heavy (non-hydrogen) atoms. The summed E-state index contributed by atoms with van der Waals surface area (Å²) in [7, 11) is 0. The number of carbonyl (C=O) groups is 1. The first-order valence-corrected chi connectivity index (χ1v) is 6.36. The quantitative estimate of drug-likeness (QED) is 0.663. The molecule has 2 aromatic rings. The van der Waals surface area contributed by atoms with Gasteiger partial charge in [-0.3, -0.25) is 0 Å². The molecule has 4 heteroatoms. The molecule has 2 rings (SSSR count). The monoisotopic (exact) mass is 288 g/mol. The fourth-order valence-corrected chi connectivity index (χ4v) is 1.95. The Morgan fingerprint density at radius 2 is 1.80 bits per heavy atom. The van der Waals surface area contributed by atoms with Gasteiger partial charge in [-0.2, -0.15) is 0 Å². The number of hydrogen-bond acceptors (Lipinski definition) is 2. The molecule has 102 valence electrons. The van der Waals surface area contributed by atoms with Crippen molar-refractivity contribution in [3.8, 4) is 5.75 Å². The number of aromatic hydroxyl groups is 1. The summed E-state index contributed by atoms with van der Waals surface area (Å²) in [5.74, 6) is -0.893. The fraction of sp³-hybridized carbons (Fsp3) is 0.0625. The van der Waals surface area contributed by atoms with Crippen molar-refractivity contribution >= 4 is 29.2 Å². The summed E-state index contributed by atoms with van der Waals surface area (Å²) in [6, 6.07) is 11.5. The zero-order chi connectivity index (χ0) is 14.7. The van der Waals surface area contributed by atoms with Crippen molar-refractivity contribution in [2.45, 2.75) is 6.92 Å². The standard InChI is InChI=1S/C16H13ClO3/c1-10-2-5-12(9-15(10)17)14(16(19)20)8-11-3-6-13(18)7-4-11/h2-9,18H,1H3,(H,19,20)/b14-8-. The van der Waals surface area contributed by atoms with Crippen molar-refractivity contribution in [3.63, 3.8) is 0 Å². The zero-order valence-corrected chi connectivity index (χ0v) is 11.6. The molecule has 3 nitrogen and oxygen atoms in total. The van der Waals surface area contributed by atoms with Crippen LogP contribution in [-0.2, 0) is 4.79 Å². The van der Waals surface area contributed by atoms with Crippen molar-refractivity contribution in [2.75, 3.05) is 0 Å². The summed E-state index contributed by atoms with van der Waals surface area (Å²) < 4.78 is 0. The maximum atomic E-state index is 11.4. The van der Waals surface area contributed by atoms with Gasteiger partial charge in [0.2, 0.25) is 0 Å². The number of phenols is 1. The molecule has 0 bridgehead atoms. The number of aryl methyl sites for hydroxylation is 1. The van der Waals surface area contributed by atoms with Gasteiger partial charge >= 0.3 is 5.97 Å². The second-order valence-corrected chi connectivity index (χ2v) is 4.83. The number of aliphatic carboxylic acids is 1. The third-order valence-electron chi connectivity index (χ3n) is 2.92. The minimum Gasteiger partial charge on any atom is -0.508 e. The molecule has 0 aromatic heterocycles. The molecule has 0 aliphatic rings. The largest absolute Gasteiger partial charge is 0.508 e. The summed E-state index contributed by atoms with van der Waals surface area (Å²) in [5.41, 5.74) is 2.28. The molecular weight excluding hydrogens is 276 g/mol. The Morgan fingerprint density at radius 1 is 1.15 bits per heavy atom. The van der Waals surface area contributed by atoms with Crippen LogP contribution in [0.3, 0.4) is 0 Å². The summed E-state index contributed by atoms with van der Waals surface area (Å²) in [5, 5.41) is 19.1. The molecule has 0 aliphatic heterocycles. The number of hydrogen-bond donors (Lipinski definition) is 2. The highest BCUT2D eigenvalue weighted by Gasteiger charge is 2.11. The van der Waals surface area contributed by atoms with Crippen LogP contribution in [-0.4, -0.2) is 16.2 Å². The number of carboxylic acids is 1. The van der Waals surface area contributed by atoms with Gasteiger partial charge in [0.1, 0.15) is 5.75 Å². The van der Waals surface area contributed by atoms with E-state index >= 15 is 0 Å². The van der Waals surface area contributed by atoms with Crippen LogP contribution in [0.4, 0.5) is 0 Å². The van der Waals surface area contributed by atoms with E-state index in [0.29, 0.717) is 16.1 Å². The number of phenolic OH excluding ortho intramolecular Hbond substituents is 1. The second-order valence-electron chi connectivity index (χ2n) is 4.42. The number of halogens is 1. The summed E-state index contributed by atoms with van der Waals surface area (Å²) in [6.45, 7) is 1.86. The smallest absolute Gasteiger partial charge is 0.336 e. The first-order valence-electron chi connectivity index (χ1n) is 5.98. The summed E-state index contributed by atoms with van der Waals surface area (Å²) in [6.07, 6.45) is 1.54. The predicted octanol–water partition coefficient (Wildman–Crippen LogP) is 3.98. The highest BCUT2D eigenvalue weighted by atomic mass is 35.5. The number of carboxylic acid groups (broad SMARTS) is 1. The van der Waals surface area contributed by atoms with E-state index in [1.54, 1.807) is 36.4 Å². The van der Waals surface area contributed by atoms with Gasteiger partial charge in [-0.15, -0.1) is 0 Å². The lowest BCUT2D eigenvalue weighted by Crippen LogP contribution is -2.00. The molecule has 0 amide bonds. The minimum atomic E-state index is -1.03. The van der Waals surface area contributed by atoms with E-state index in [1.165, 1.54) is 12.1 Å². The first kappa shape index (κ1) is 14.2. The van der Waals surface area contributed by atoms with Gasteiger partial charge in [-0.25, -0.2) is 4.79 Å². The molecule has 0 atom stereocenters. The predicted molar refractivity (Wildman–Crippen MR) is 79.8 cm³/mol. The van der Waals surface area contributed by atoms with Crippen LogP contribution in [0.5, 0.6) is 5.75 Å². The molecule has 0 aliphatic carbocycles. The Labute approximate surface area is 121 Å². The van der Waals surface area contributed by atoms with Gasteiger partial charge in [-0.05, 0) is 47.9 Å². The lowest BCUT2D eigenvalue weighted by Gasteiger charge is -2.06. The lowest BCUT2D eigenvalue weighted by molar-refractivity contribution is -0.130. The average Bonchev–Trinajstić information content (AvgIpc) is 2.41. The highest BCUT2D eigenvalue weighted by Crippen LogP contribution is 2.24. The van der Waals surface area contributed by atoms with Crippen LogP contribution >= 0.6 is 11.6 Å². The zero-order valence-electron chi connectivity index (χ0n) is 10.8. The van der Waals surface area contributed by atoms with Crippen LogP contribution in [0.2, 0.25) is 5.02 Å². The van der Waals surface area contributed by atoms with E-state index in [-0.39, 0.29) is 11.3 Å². The van der Waals surface area contributed by atoms with E-state index in [2.05, 4.69) is 0 Å².